The lowest BCUT2D eigenvalue weighted by Crippen LogP contribution is -1.79. The van der Waals surface area contributed by atoms with Gasteiger partial charge in [0, 0.05) is 11.6 Å². The first kappa shape index (κ1) is 4.93. The first-order chi connectivity index (χ1) is 4.38. The average molecular weight is 139 g/mol. The van der Waals surface area contributed by atoms with Crippen molar-refractivity contribution in [3.05, 3.63) is 17.4 Å². The van der Waals surface area contributed by atoms with Crippen molar-refractivity contribution in [3.8, 4) is 0 Å². The highest BCUT2D eigenvalue weighted by molar-refractivity contribution is 7.15. The Bertz CT molecular complexity index is 321. The Labute approximate surface area is 56.0 Å². The molecule has 0 aliphatic rings. The summed E-state index contributed by atoms with van der Waals surface area (Å²) in [6.45, 7) is 1.94. The summed E-state index contributed by atoms with van der Waals surface area (Å²) in [6.07, 6.45) is 1.97. The number of fused-ring (bicyclic) bond motifs is 1. The summed E-state index contributed by atoms with van der Waals surface area (Å²) < 4.78 is 1.96. The van der Waals surface area contributed by atoms with Crippen molar-refractivity contribution in [3.63, 3.8) is 0 Å². The fourth-order valence-electron chi connectivity index (χ4n) is 0.754. The molecule has 0 radical (unpaired) electrons. The molecule has 4 heteroatoms. The molecule has 2 aromatic rings. The predicted octanol–water partition coefficient (Wildman–Crippen LogP) is 1.10. The largest absolute Gasteiger partial charge is 0.277 e. The van der Waals surface area contributed by atoms with Gasteiger partial charge in [0.1, 0.15) is 5.82 Å². The van der Waals surface area contributed by atoms with Gasteiger partial charge in [0.05, 0.1) is 0 Å². The minimum absolute atomic E-state index is 0.950. The molecule has 0 aromatic carbocycles. The minimum atomic E-state index is 0.950. The molecule has 0 aliphatic carbocycles. The lowest BCUT2D eigenvalue weighted by Gasteiger charge is -1.79. The van der Waals surface area contributed by atoms with Crippen molar-refractivity contribution in [2.75, 3.05) is 0 Å². The Hall–Kier alpha value is -0.900. The molecule has 0 atom stereocenters. The highest BCUT2D eigenvalue weighted by atomic mass is 32.1. The van der Waals surface area contributed by atoms with Gasteiger partial charge in [-0.1, -0.05) is 0 Å². The summed E-state index contributed by atoms with van der Waals surface area (Å²) in [5, 5.41) is 9.79. The Morgan fingerprint density at radius 3 is 3.22 bits per heavy atom. The van der Waals surface area contributed by atoms with Gasteiger partial charge < -0.3 is 0 Å². The third kappa shape index (κ3) is 0.564. The maximum atomic E-state index is 3.91. The number of hydrogen-bond donors (Lipinski definition) is 0. The highest BCUT2D eigenvalue weighted by Gasteiger charge is 1.97. The van der Waals surface area contributed by atoms with Crippen LogP contribution < -0.4 is 0 Å². The molecule has 0 fully saturated rings. The first-order valence-electron chi connectivity index (χ1n) is 2.63. The third-order valence-electron chi connectivity index (χ3n) is 1.22. The molecule has 0 saturated heterocycles. The zero-order valence-corrected chi connectivity index (χ0v) is 5.72. The quantitative estimate of drug-likeness (QED) is 0.547. The van der Waals surface area contributed by atoms with E-state index in [1.54, 1.807) is 11.3 Å². The van der Waals surface area contributed by atoms with Crippen LogP contribution in [0.25, 0.3) is 4.96 Å². The summed E-state index contributed by atoms with van der Waals surface area (Å²) in [5.41, 5.74) is 0. The van der Waals surface area contributed by atoms with Crippen LogP contribution in [0, 0.1) is 6.92 Å². The summed E-state index contributed by atoms with van der Waals surface area (Å²) >= 11 is 1.60. The fraction of sp³-hybridized carbons (Fsp3) is 0.200. The van der Waals surface area contributed by atoms with Crippen LogP contribution in [0.2, 0.25) is 0 Å². The molecule has 0 bridgehead atoms. The zero-order chi connectivity index (χ0) is 6.27. The summed E-state index contributed by atoms with van der Waals surface area (Å²) in [4.78, 5) is 0.965. The van der Waals surface area contributed by atoms with Gasteiger partial charge in [-0.25, -0.2) is 0 Å². The number of aryl methyl sites for hydroxylation is 1. The van der Waals surface area contributed by atoms with E-state index in [1.807, 2.05) is 22.9 Å². The zero-order valence-electron chi connectivity index (χ0n) is 4.90. The van der Waals surface area contributed by atoms with Crippen molar-refractivity contribution >= 4 is 16.3 Å². The Balaban J connectivity index is 2.99. The maximum absolute atomic E-state index is 3.91. The summed E-state index contributed by atoms with van der Waals surface area (Å²) in [5.74, 6) is 0.950. The molecule has 9 heavy (non-hydrogen) atoms. The normalized spacial score (nSPS) is 10.8. The topological polar surface area (TPSA) is 30.2 Å². The van der Waals surface area contributed by atoms with Crippen molar-refractivity contribution in [1.29, 1.82) is 0 Å². The smallest absolute Gasteiger partial charge is 0.216 e. The van der Waals surface area contributed by atoms with Crippen LogP contribution >= 0.6 is 11.3 Å². The van der Waals surface area contributed by atoms with E-state index in [1.165, 1.54) is 0 Å². The van der Waals surface area contributed by atoms with Crippen molar-refractivity contribution in [2.45, 2.75) is 6.92 Å². The van der Waals surface area contributed by atoms with Gasteiger partial charge in [0.15, 0.2) is 0 Å². The Kier molecular flexibility index (Phi) is 0.843. The molecule has 0 saturated carbocycles. The average Bonchev–Trinajstić information content (AvgIpc) is 2.35. The lowest BCUT2D eigenvalue weighted by atomic mass is 10.7. The van der Waals surface area contributed by atoms with Crippen LogP contribution in [0.5, 0.6) is 0 Å². The fourth-order valence-corrected chi connectivity index (χ4v) is 1.45. The van der Waals surface area contributed by atoms with Crippen LogP contribution in [0.1, 0.15) is 5.82 Å². The predicted molar refractivity (Wildman–Crippen MR) is 35.6 cm³/mol. The third-order valence-corrected chi connectivity index (χ3v) is 1.97. The monoisotopic (exact) mass is 139 g/mol. The van der Waals surface area contributed by atoms with E-state index in [2.05, 4.69) is 10.2 Å². The second-order valence-electron chi connectivity index (χ2n) is 1.80. The molecule has 3 nitrogen and oxygen atoms in total. The van der Waals surface area contributed by atoms with E-state index < -0.39 is 0 Å². The Morgan fingerprint density at radius 1 is 1.56 bits per heavy atom. The summed E-state index contributed by atoms with van der Waals surface area (Å²) in [6, 6.07) is 0. The molecule has 2 aromatic heterocycles. The van der Waals surface area contributed by atoms with E-state index in [0.29, 0.717) is 0 Å². The van der Waals surface area contributed by atoms with E-state index in [0.717, 1.165) is 10.8 Å². The SMILES string of the molecule is Cc1nnc2sccn12. The number of hydrogen-bond acceptors (Lipinski definition) is 3. The van der Waals surface area contributed by atoms with Crippen molar-refractivity contribution < 1.29 is 0 Å². The molecular weight excluding hydrogens is 134 g/mol. The van der Waals surface area contributed by atoms with Crippen LogP contribution in [-0.4, -0.2) is 14.6 Å². The van der Waals surface area contributed by atoms with Gasteiger partial charge in [-0.05, 0) is 6.92 Å². The molecule has 46 valence electrons. The molecule has 2 heterocycles. The highest BCUT2D eigenvalue weighted by Crippen LogP contribution is 2.08. The second kappa shape index (κ2) is 1.54. The van der Waals surface area contributed by atoms with E-state index >= 15 is 0 Å². The van der Waals surface area contributed by atoms with E-state index in [4.69, 9.17) is 0 Å². The molecular formula is C5H5N3S. The van der Waals surface area contributed by atoms with Crippen molar-refractivity contribution in [1.82, 2.24) is 14.6 Å². The summed E-state index contributed by atoms with van der Waals surface area (Å²) in [7, 11) is 0. The molecule has 0 N–H and O–H groups in total. The molecule has 0 unspecified atom stereocenters. The number of thiazole rings is 1. The van der Waals surface area contributed by atoms with Gasteiger partial charge in [0.2, 0.25) is 4.96 Å². The van der Waals surface area contributed by atoms with Crippen LogP contribution in [0.4, 0.5) is 0 Å². The molecule has 0 spiro atoms. The molecule has 0 aliphatic heterocycles. The Morgan fingerprint density at radius 2 is 2.44 bits per heavy atom. The molecule has 2 rings (SSSR count). The van der Waals surface area contributed by atoms with Gasteiger partial charge in [0.25, 0.3) is 0 Å². The van der Waals surface area contributed by atoms with Crippen LogP contribution in [0.15, 0.2) is 11.6 Å². The number of aromatic nitrogens is 3. The minimum Gasteiger partial charge on any atom is -0.277 e. The van der Waals surface area contributed by atoms with Gasteiger partial charge >= 0.3 is 0 Å². The first-order valence-corrected chi connectivity index (χ1v) is 3.51. The van der Waals surface area contributed by atoms with Crippen molar-refractivity contribution in [2.24, 2.45) is 0 Å². The standard InChI is InChI=1S/C5H5N3S/c1-4-6-7-5-8(4)2-3-9-5/h2-3H,1H3. The molecule has 0 amide bonds. The van der Waals surface area contributed by atoms with E-state index in [9.17, 15) is 0 Å². The maximum Gasteiger partial charge on any atom is 0.216 e. The van der Waals surface area contributed by atoms with E-state index in [-0.39, 0.29) is 0 Å². The lowest BCUT2D eigenvalue weighted by molar-refractivity contribution is 1.01. The second-order valence-corrected chi connectivity index (χ2v) is 2.68. The van der Waals surface area contributed by atoms with Crippen LogP contribution in [-0.2, 0) is 0 Å². The van der Waals surface area contributed by atoms with Crippen LogP contribution in [0.3, 0.4) is 0 Å². The van der Waals surface area contributed by atoms with Gasteiger partial charge in [-0.15, -0.1) is 21.5 Å². The van der Waals surface area contributed by atoms with Gasteiger partial charge in [-0.3, -0.25) is 4.40 Å². The number of rotatable bonds is 0. The number of nitrogens with zero attached hydrogens (tertiary/aromatic N) is 3. The van der Waals surface area contributed by atoms with Gasteiger partial charge in [-0.2, -0.15) is 0 Å².